The van der Waals surface area contributed by atoms with Crippen LogP contribution in [0.1, 0.15) is 18.5 Å². The lowest BCUT2D eigenvalue weighted by Gasteiger charge is -2.19. The maximum Gasteiger partial charge on any atom is 0.297 e. The minimum Gasteiger partial charge on any atom is -0.423 e. The van der Waals surface area contributed by atoms with Crippen LogP contribution in [0.15, 0.2) is 52.9 Å². The van der Waals surface area contributed by atoms with E-state index in [1.807, 2.05) is 51.4 Å². The number of anilines is 2. The fourth-order valence-corrected chi connectivity index (χ4v) is 2.57. The predicted molar refractivity (Wildman–Crippen MR) is 114 cm³/mol. The SMILES string of the molecule is CC(C(=O)Nc1ccc2oc(N(C)C)nc2c1)C(N)c1ccccc1.Cl.Cl. The molecule has 3 N–H and O–H groups in total. The Kier molecular flexibility index (Phi) is 8.09. The van der Waals surface area contributed by atoms with E-state index in [2.05, 4.69) is 10.3 Å². The van der Waals surface area contributed by atoms with E-state index in [0.29, 0.717) is 22.8 Å². The van der Waals surface area contributed by atoms with Crippen molar-refractivity contribution in [1.29, 1.82) is 0 Å². The summed E-state index contributed by atoms with van der Waals surface area (Å²) >= 11 is 0. The molecule has 0 saturated carbocycles. The number of nitrogens with zero attached hydrogens (tertiary/aromatic N) is 2. The van der Waals surface area contributed by atoms with Crippen LogP contribution in [0.25, 0.3) is 11.1 Å². The van der Waals surface area contributed by atoms with E-state index < -0.39 is 0 Å². The Morgan fingerprint density at radius 2 is 1.81 bits per heavy atom. The van der Waals surface area contributed by atoms with Gasteiger partial charge in [0.05, 0.1) is 5.92 Å². The van der Waals surface area contributed by atoms with Crippen molar-refractivity contribution >= 4 is 53.5 Å². The molecule has 0 bridgehead atoms. The molecule has 6 nitrogen and oxygen atoms in total. The van der Waals surface area contributed by atoms with E-state index in [4.69, 9.17) is 10.2 Å². The second kappa shape index (κ2) is 9.60. The molecule has 2 atom stereocenters. The van der Waals surface area contributed by atoms with Crippen LogP contribution in [0, 0.1) is 5.92 Å². The number of carbonyl (C=O) groups excluding carboxylic acids is 1. The molecule has 2 aromatic carbocycles. The van der Waals surface area contributed by atoms with Crippen molar-refractivity contribution in [3.8, 4) is 0 Å². The van der Waals surface area contributed by atoms with E-state index >= 15 is 0 Å². The quantitative estimate of drug-likeness (QED) is 0.663. The number of nitrogens with one attached hydrogen (secondary N) is 1. The first kappa shape index (κ1) is 22.8. The number of benzene rings is 2. The van der Waals surface area contributed by atoms with Crippen molar-refractivity contribution < 1.29 is 9.21 Å². The molecule has 2 unspecified atom stereocenters. The van der Waals surface area contributed by atoms with Crippen LogP contribution in [0.4, 0.5) is 11.7 Å². The van der Waals surface area contributed by atoms with Gasteiger partial charge in [0.25, 0.3) is 6.01 Å². The van der Waals surface area contributed by atoms with E-state index in [-0.39, 0.29) is 42.7 Å². The minimum absolute atomic E-state index is 0. The van der Waals surface area contributed by atoms with Crippen molar-refractivity contribution in [2.75, 3.05) is 24.3 Å². The lowest BCUT2D eigenvalue weighted by Crippen LogP contribution is -2.30. The first-order valence-electron chi connectivity index (χ1n) is 8.15. The van der Waals surface area contributed by atoms with E-state index in [9.17, 15) is 4.79 Å². The average molecular weight is 411 g/mol. The molecule has 0 aliphatic rings. The summed E-state index contributed by atoms with van der Waals surface area (Å²) in [6, 6.07) is 15.2. The molecule has 1 heterocycles. The molecule has 0 radical (unpaired) electrons. The molecule has 146 valence electrons. The first-order chi connectivity index (χ1) is 12.0. The summed E-state index contributed by atoms with van der Waals surface area (Å²) in [5.41, 5.74) is 9.21. The maximum atomic E-state index is 12.5. The number of amides is 1. The van der Waals surface area contributed by atoms with Gasteiger partial charge in [-0.1, -0.05) is 37.3 Å². The maximum absolute atomic E-state index is 12.5. The van der Waals surface area contributed by atoms with Crippen LogP contribution >= 0.6 is 24.8 Å². The zero-order valence-electron chi connectivity index (χ0n) is 15.4. The summed E-state index contributed by atoms with van der Waals surface area (Å²) in [4.78, 5) is 18.7. The number of fused-ring (bicyclic) bond motifs is 1. The summed E-state index contributed by atoms with van der Waals surface area (Å²) in [5.74, 6) is -0.500. The Balaban J connectivity index is 0.00000182. The van der Waals surface area contributed by atoms with Crippen molar-refractivity contribution in [2.45, 2.75) is 13.0 Å². The van der Waals surface area contributed by atoms with Crippen LogP contribution in [-0.2, 0) is 4.79 Å². The molecular formula is C19H24Cl2N4O2. The molecule has 8 heteroatoms. The van der Waals surface area contributed by atoms with E-state index in [0.717, 1.165) is 5.56 Å². The summed E-state index contributed by atoms with van der Waals surface area (Å²) in [7, 11) is 3.72. The monoisotopic (exact) mass is 410 g/mol. The third-order valence-electron chi connectivity index (χ3n) is 4.16. The van der Waals surface area contributed by atoms with Crippen LogP contribution < -0.4 is 16.0 Å². The Bertz CT molecular complexity index is 884. The Labute approximate surface area is 170 Å². The second-order valence-corrected chi connectivity index (χ2v) is 6.29. The summed E-state index contributed by atoms with van der Waals surface area (Å²) in [5, 5.41) is 2.91. The highest BCUT2D eigenvalue weighted by atomic mass is 35.5. The fraction of sp³-hybridized carbons (Fsp3) is 0.263. The van der Waals surface area contributed by atoms with E-state index in [1.54, 1.807) is 23.1 Å². The topological polar surface area (TPSA) is 84.4 Å². The molecule has 0 fully saturated rings. The third-order valence-corrected chi connectivity index (χ3v) is 4.16. The highest BCUT2D eigenvalue weighted by Crippen LogP contribution is 2.25. The fourth-order valence-electron chi connectivity index (χ4n) is 2.57. The van der Waals surface area contributed by atoms with Gasteiger partial charge in [0.15, 0.2) is 5.58 Å². The van der Waals surface area contributed by atoms with Crippen molar-refractivity contribution in [1.82, 2.24) is 4.98 Å². The highest BCUT2D eigenvalue weighted by molar-refractivity contribution is 5.94. The van der Waals surface area contributed by atoms with Crippen molar-refractivity contribution in [3.63, 3.8) is 0 Å². The summed E-state index contributed by atoms with van der Waals surface area (Å²) < 4.78 is 5.62. The number of nitrogens with two attached hydrogens (primary N) is 1. The predicted octanol–water partition coefficient (Wildman–Crippen LogP) is 4.01. The first-order valence-corrected chi connectivity index (χ1v) is 8.15. The van der Waals surface area contributed by atoms with Gasteiger partial charge in [0, 0.05) is 25.8 Å². The molecule has 3 rings (SSSR count). The molecule has 0 spiro atoms. The number of rotatable bonds is 5. The second-order valence-electron chi connectivity index (χ2n) is 6.29. The number of aromatic nitrogens is 1. The van der Waals surface area contributed by atoms with Gasteiger partial charge in [-0.25, -0.2) is 0 Å². The number of hydrogen-bond acceptors (Lipinski definition) is 5. The lowest BCUT2D eigenvalue weighted by atomic mass is 9.94. The molecule has 3 aromatic rings. The van der Waals surface area contributed by atoms with Crippen molar-refractivity contribution in [2.24, 2.45) is 11.7 Å². The largest absolute Gasteiger partial charge is 0.423 e. The molecule has 27 heavy (non-hydrogen) atoms. The Morgan fingerprint density at radius 3 is 2.44 bits per heavy atom. The smallest absolute Gasteiger partial charge is 0.297 e. The van der Waals surface area contributed by atoms with Gasteiger partial charge < -0.3 is 20.4 Å². The summed E-state index contributed by atoms with van der Waals surface area (Å²) in [6.45, 7) is 1.83. The average Bonchev–Trinajstić information content (AvgIpc) is 3.05. The van der Waals surface area contributed by atoms with Gasteiger partial charge in [0.2, 0.25) is 5.91 Å². The van der Waals surface area contributed by atoms with Crippen LogP contribution in [0.3, 0.4) is 0 Å². The van der Waals surface area contributed by atoms with Gasteiger partial charge in [-0.05, 0) is 23.8 Å². The van der Waals surface area contributed by atoms with Crippen LogP contribution in [0.5, 0.6) is 0 Å². The molecule has 0 aliphatic heterocycles. The molecule has 1 amide bonds. The van der Waals surface area contributed by atoms with Crippen LogP contribution in [0.2, 0.25) is 0 Å². The summed E-state index contributed by atoms with van der Waals surface area (Å²) in [6.07, 6.45) is 0. The van der Waals surface area contributed by atoms with Gasteiger partial charge in [-0.3, -0.25) is 4.79 Å². The van der Waals surface area contributed by atoms with Crippen LogP contribution in [-0.4, -0.2) is 25.0 Å². The van der Waals surface area contributed by atoms with Gasteiger partial charge in [-0.15, -0.1) is 24.8 Å². The van der Waals surface area contributed by atoms with Gasteiger partial charge in [0.1, 0.15) is 5.52 Å². The number of oxazole rings is 1. The molecule has 0 saturated heterocycles. The Morgan fingerprint density at radius 1 is 1.15 bits per heavy atom. The Hall–Kier alpha value is -2.28. The standard InChI is InChI=1S/C19H22N4O2.2ClH/c1-12(17(20)13-7-5-4-6-8-13)18(24)21-14-9-10-16-15(11-14)22-19(25-16)23(2)3;;/h4-12,17H,20H2,1-3H3,(H,21,24);2*1H. The molecule has 0 aliphatic carbocycles. The number of carbonyl (C=O) groups is 1. The molecule has 1 aromatic heterocycles. The highest BCUT2D eigenvalue weighted by Gasteiger charge is 2.22. The minimum atomic E-state index is -0.368. The lowest BCUT2D eigenvalue weighted by molar-refractivity contribution is -0.120. The van der Waals surface area contributed by atoms with E-state index in [1.165, 1.54) is 0 Å². The molecular weight excluding hydrogens is 387 g/mol. The van der Waals surface area contributed by atoms with Crippen molar-refractivity contribution in [3.05, 3.63) is 54.1 Å². The normalized spacial score (nSPS) is 12.4. The van der Waals surface area contributed by atoms with Gasteiger partial charge in [-0.2, -0.15) is 4.98 Å². The number of halogens is 2. The number of hydrogen-bond donors (Lipinski definition) is 2. The van der Waals surface area contributed by atoms with Gasteiger partial charge >= 0.3 is 0 Å². The zero-order chi connectivity index (χ0) is 18.0. The third kappa shape index (κ3) is 5.13. The zero-order valence-corrected chi connectivity index (χ0v) is 17.0.